The Morgan fingerprint density at radius 2 is 1.95 bits per heavy atom. The van der Waals surface area contributed by atoms with Crippen molar-refractivity contribution in [2.24, 2.45) is 0 Å². The molecule has 0 radical (unpaired) electrons. The normalized spacial score (nSPS) is 10.2. The molecule has 0 unspecified atom stereocenters. The van der Waals surface area contributed by atoms with Crippen LogP contribution in [0.2, 0.25) is 0 Å². The number of nitrogens with zero attached hydrogens (tertiary/aromatic N) is 2. The molecule has 0 aliphatic rings. The van der Waals surface area contributed by atoms with E-state index < -0.39 is 5.97 Å². The summed E-state index contributed by atoms with van der Waals surface area (Å²) < 4.78 is 0. The van der Waals surface area contributed by atoms with Crippen molar-refractivity contribution in [3.63, 3.8) is 0 Å². The van der Waals surface area contributed by atoms with Gasteiger partial charge in [-0.1, -0.05) is 24.3 Å². The topological polar surface area (TPSA) is 95.3 Å². The third-order valence-electron chi connectivity index (χ3n) is 2.53. The second kappa shape index (κ2) is 5.92. The molecule has 98 valence electrons. The van der Waals surface area contributed by atoms with Crippen molar-refractivity contribution in [2.75, 3.05) is 5.32 Å². The molecule has 0 saturated heterocycles. The summed E-state index contributed by atoms with van der Waals surface area (Å²) >= 11 is 0. The SMILES string of the molecule is O=C(O)c1ccc(NCc2cccc(CO)c2)nn1. The zero-order chi connectivity index (χ0) is 13.7. The summed E-state index contributed by atoms with van der Waals surface area (Å²) in [6, 6.07) is 10.5. The fraction of sp³-hybridized carbons (Fsp3) is 0.154. The molecule has 0 bridgehead atoms. The van der Waals surface area contributed by atoms with Gasteiger partial charge in [-0.15, -0.1) is 10.2 Å². The van der Waals surface area contributed by atoms with Gasteiger partial charge in [0, 0.05) is 6.54 Å². The zero-order valence-corrected chi connectivity index (χ0v) is 10.1. The first-order valence-electron chi connectivity index (χ1n) is 5.68. The maximum absolute atomic E-state index is 10.6. The van der Waals surface area contributed by atoms with Gasteiger partial charge in [0.15, 0.2) is 5.69 Å². The van der Waals surface area contributed by atoms with E-state index in [1.165, 1.54) is 6.07 Å². The van der Waals surface area contributed by atoms with Crippen molar-refractivity contribution in [1.82, 2.24) is 10.2 Å². The highest BCUT2D eigenvalue weighted by molar-refractivity contribution is 5.85. The maximum atomic E-state index is 10.6. The van der Waals surface area contributed by atoms with Crippen LogP contribution < -0.4 is 5.32 Å². The Morgan fingerprint density at radius 3 is 2.58 bits per heavy atom. The molecule has 2 rings (SSSR count). The minimum Gasteiger partial charge on any atom is -0.476 e. The monoisotopic (exact) mass is 259 g/mol. The average Bonchev–Trinajstić information content (AvgIpc) is 2.46. The first-order valence-corrected chi connectivity index (χ1v) is 5.68. The highest BCUT2D eigenvalue weighted by atomic mass is 16.4. The third-order valence-corrected chi connectivity index (χ3v) is 2.53. The van der Waals surface area contributed by atoms with Crippen LogP contribution >= 0.6 is 0 Å². The van der Waals surface area contributed by atoms with Crippen molar-refractivity contribution in [1.29, 1.82) is 0 Å². The molecule has 1 heterocycles. The van der Waals surface area contributed by atoms with Crippen LogP contribution in [0.4, 0.5) is 5.82 Å². The lowest BCUT2D eigenvalue weighted by Gasteiger charge is -2.06. The standard InChI is InChI=1S/C13H13N3O3/c17-8-10-3-1-2-9(6-10)7-14-12-5-4-11(13(18)19)15-16-12/h1-6,17H,7-8H2,(H,14,16)(H,18,19). The molecule has 0 aliphatic heterocycles. The van der Waals surface area contributed by atoms with Crippen LogP contribution in [0.5, 0.6) is 0 Å². The van der Waals surface area contributed by atoms with E-state index in [-0.39, 0.29) is 12.3 Å². The number of aromatic carboxylic acids is 1. The lowest BCUT2D eigenvalue weighted by atomic mass is 10.1. The molecule has 1 aromatic carbocycles. The molecule has 6 nitrogen and oxygen atoms in total. The fourth-order valence-corrected chi connectivity index (χ4v) is 1.57. The number of carbonyl (C=O) groups is 1. The van der Waals surface area contributed by atoms with Gasteiger partial charge in [0.2, 0.25) is 0 Å². The van der Waals surface area contributed by atoms with Crippen LogP contribution in [0.3, 0.4) is 0 Å². The van der Waals surface area contributed by atoms with E-state index in [9.17, 15) is 4.79 Å². The second-order valence-electron chi connectivity index (χ2n) is 3.94. The van der Waals surface area contributed by atoms with Crippen LogP contribution in [0, 0.1) is 0 Å². The van der Waals surface area contributed by atoms with E-state index in [1.54, 1.807) is 6.07 Å². The summed E-state index contributed by atoms with van der Waals surface area (Å²) in [6.45, 7) is 0.524. The molecule has 6 heteroatoms. The number of rotatable bonds is 5. The van der Waals surface area contributed by atoms with Crippen molar-refractivity contribution < 1.29 is 15.0 Å². The summed E-state index contributed by atoms with van der Waals surface area (Å²) in [6.07, 6.45) is 0. The van der Waals surface area contributed by atoms with Crippen molar-refractivity contribution in [2.45, 2.75) is 13.2 Å². The Bertz CT molecular complexity index is 570. The molecular weight excluding hydrogens is 246 g/mol. The number of carboxylic acids is 1. The third kappa shape index (κ3) is 3.49. The second-order valence-corrected chi connectivity index (χ2v) is 3.94. The predicted octanol–water partition coefficient (Wildman–Crippen LogP) is 1.28. The van der Waals surface area contributed by atoms with Crippen molar-refractivity contribution >= 4 is 11.8 Å². The molecule has 1 aromatic heterocycles. The maximum Gasteiger partial charge on any atom is 0.356 e. The van der Waals surface area contributed by atoms with Crippen LogP contribution in [0.25, 0.3) is 0 Å². The highest BCUT2D eigenvalue weighted by Crippen LogP contribution is 2.08. The van der Waals surface area contributed by atoms with Gasteiger partial charge < -0.3 is 15.5 Å². The van der Waals surface area contributed by atoms with Crippen LogP contribution in [0.15, 0.2) is 36.4 Å². The summed E-state index contributed by atoms with van der Waals surface area (Å²) in [4.78, 5) is 10.6. The van der Waals surface area contributed by atoms with E-state index in [0.29, 0.717) is 12.4 Å². The number of carboxylic acid groups (broad SMARTS) is 1. The highest BCUT2D eigenvalue weighted by Gasteiger charge is 2.04. The van der Waals surface area contributed by atoms with Crippen molar-refractivity contribution in [3.05, 3.63) is 53.2 Å². The number of hydrogen-bond acceptors (Lipinski definition) is 5. The smallest absolute Gasteiger partial charge is 0.356 e. The van der Waals surface area contributed by atoms with Crippen LogP contribution in [0.1, 0.15) is 21.6 Å². The van der Waals surface area contributed by atoms with Gasteiger partial charge in [-0.2, -0.15) is 0 Å². The molecule has 0 amide bonds. The van der Waals surface area contributed by atoms with Crippen LogP contribution in [-0.4, -0.2) is 26.4 Å². The molecule has 0 aliphatic carbocycles. The minimum absolute atomic E-state index is 0.000947. The van der Waals surface area contributed by atoms with E-state index in [1.807, 2.05) is 24.3 Å². The molecule has 0 spiro atoms. The Balaban J connectivity index is 1.99. The Morgan fingerprint density at radius 1 is 1.16 bits per heavy atom. The first kappa shape index (κ1) is 13.0. The van der Waals surface area contributed by atoms with Crippen LogP contribution in [-0.2, 0) is 13.2 Å². The summed E-state index contributed by atoms with van der Waals surface area (Å²) in [5, 5.41) is 28.1. The van der Waals surface area contributed by atoms with Gasteiger partial charge in [-0.25, -0.2) is 4.79 Å². The average molecular weight is 259 g/mol. The molecule has 2 aromatic rings. The van der Waals surface area contributed by atoms with E-state index >= 15 is 0 Å². The number of nitrogens with one attached hydrogen (secondary N) is 1. The Hall–Kier alpha value is -2.47. The number of aromatic nitrogens is 2. The minimum atomic E-state index is -1.10. The van der Waals surface area contributed by atoms with Gasteiger partial charge in [0.05, 0.1) is 6.61 Å². The number of hydrogen-bond donors (Lipinski definition) is 3. The molecule has 3 N–H and O–H groups in total. The van der Waals surface area contributed by atoms with Gasteiger partial charge >= 0.3 is 5.97 Å². The molecule has 0 atom stereocenters. The van der Waals surface area contributed by atoms with E-state index in [0.717, 1.165) is 11.1 Å². The molecule has 19 heavy (non-hydrogen) atoms. The Kier molecular flexibility index (Phi) is 4.04. The van der Waals surface area contributed by atoms with Crippen molar-refractivity contribution in [3.8, 4) is 0 Å². The van der Waals surface area contributed by atoms with Gasteiger partial charge in [0.1, 0.15) is 5.82 Å². The Labute approximate surface area is 109 Å². The summed E-state index contributed by atoms with van der Waals surface area (Å²) in [5.74, 6) is -0.603. The first-order chi connectivity index (χ1) is 9.19. The van der Waals surface area contributed by atoms with E-state index in [4.69, 9.17) is 10.2 Å². The van der Waals surface area contributed by atoms with Gasteiger partial charge in [-0.05, 0) is 23.3 Å². The summed E-state index contributed by atoms with van der Waals surface area (Å²) in [5.41, 5.74) is 1.75. The quantitative estimate of drug-likeness (QED) is 0.748. The molecular formula is C13H13N3O3. The van der Waals surface area contributed by atoms with Gasteiger partial charge in [-0.3, -0.25) is 0 Å². The summed E-state index contributed by atoms with van der Waals surface area (Å²) in [7, 11) is 0. The molecule has 0 saturated carbocycles. The number of benzene rings is 1. The fourth-order valence-electron chi connectivity index (χ4n) is 1.57. The number of aliphatic hydroxyl groups excluding tert-OH is 1. The number of anilines is 1. The lowest BCUT2D eigenvalue weighted by Crippen LogP contribution is -2.06. The van der Waals surface area contributed by atoms with E-state index in [2.05, 4.69) is 15.5 Å². The predicted molar refractivity (Wildman–Crippen MR) is 68.7 cm³/mol. The molecule has 0 fully saturated rings. The lowest BCUT2D eigenvalue weighted by molar-refractivity contribution is 0.0689. The number of aliphatic hydroxyl groups is 1. The largest absolute Gasteiger partial charge is 0.476 e. The van der Waals surface area contributed by atoms with Gasteiger partial charge in [0.25, 0.3) is 0 Å². The zero-order valence-electron chi connectivity index (χ0n) is 10.1.